The number of aliphatic hydroxyl groups is 1. The van der Waals surface area contributed by atoms with Gasteiger partial charge in [0.1, 0.15) is 0 Å². The molecule has 6 heteroatoms. The first-order chi connectivity index (χ1) is 11.9. The highest BCUT2D eigenvalue weighted by Gasteiger charge is 2.39. The predicted octanol–water partition coefficient (Wildman–Crippen LogP) is 2.00. The number of carbonyl (C=O) groups is 2. The Kier molecular flexibility index (Phi) is 6.27. The Labute approximate surface area is 146 Å². The molecule has 2 atom stereocenters. The summed E-state index contributed by atoms with van der Waals surface area (Å²) >= 11 is 0. The summed E-state index contributed by atoms with van der Waals surface area (Å²) in [5, 5.41) is 24.6. The fraction of sp³-hybridized carbons (Fsp3) is 0.263. The number of rotatable bonds is 3. The molecule has 6 nitrogen and oxygen atoms in total. The summed E-state index contributed by atoms with van der Waals surface area (Å²) in [4.78, 5) is 20.6. The standard InChI is InChI=1S/C17H19NO.C2H2O4/c1-13-16(19)12-18(13)17(14-8-4-2-5-9-14)15-10-6-3-7-11-15;3-1(4)2(5)6/h2-11,13,16-17,19H,12H2,1H3;(H,3,4)(H,5,6). The summed E-state index contributed by atoms with van der Waals surface area (Å²) in [6.45, 7) is 2.84. The number of nitrogens with zero attached hydrogens (tertiary/aromatic N) is 1. The molecule has 0 amide bonds. The first-order valence-electron chi connectivity index (χ1n) is 7.91. The quantitative estimate of drug-likeness (QED) is 0.738. The zero-order chi connectivity index (χ0) is 18.4. The third-order valence-corrected chi connectivity index (χ3v) is 4.22. The van der Waals surface area contributed by atoms with Crippen molar-refractivity contribution in [3.8, 4) is 0 Å². The summed E-state index contributed by atoms with van der Waals surface area (Å²) in [5.74, 6) is -3.65. The Balaban J connectivity index is 0.000000326. The van der Waals surface area contributed by atoms with Gasteiger partial charge in [0.15, 0.2) is 0 Å². The van der Waals surface area contributed by atoms with Crippen molar-refractivity contribution in [2.75, 3.05) is 6.54 Å². The lowest BCUT2D eigenvalue weighted by atomic mass is 9.90. The van der Waals surface area contributed by atoms with Crippen LogP contribution in [0.5, 0.6) is 0 Å². The maximum atomic E-state index is 9.79. The van der Waals surface area contributed by atoms with Crippen LogP contribution in [0, 0.1) is 0 Å². The Morgan fingerprint density at radius 1 is 0.920 bits per heavy atom. The van der Waals surface area contributed by atoms with E-state index in [9.17, 15) is 5.11 Å². The molecular formula is C19H21NO5. The molecule has 1 saturated heterocycles. The fourth-order valence-electron chi connectivity index (χ4n) is 2.80. The zero-order valence-corrected chi connectivity index (χ0v) is 13.8. The molecule has 0 spiro atoms. The summed E-state index contributed by atoms with van der Waals surface area (Å²) in [5.41, 5.74) is 2.57. The molecule has 2 aromatic rings. The lowest BCUT2D eigenvalue weighted by Crippen LogP contribution is -2.59. The van der Waals surface area contributed by atoms with E-state index < -0.39 is 11.9 Å². The second-order valence-electron chi connectivity index (χ2n) is 5.84. The number of likely N-dealkylation sites (tertiary alicyclic amines) is 1. The Morgan fingerprint density at radius 3 is 1.60 bits per heavy atom. The summed E-state index contributed by atoms with van der Waals surface area (Å²) in [7, 11) is 0. The highest BCUT2D eigenvalue weighted by Crippen LogP contribution is 2.35. The van der Waals surface area contributed by atoms with E-state index in [1.54, 1.807) is 0 Å². The van der Waals surface area contributed by atoms with Crippen LogP contribution in [0.4, 0.5) is 0 Å². The van der Waals surface area contributed by atoms with Crippen molar-refractivity contribution in [3.05, 3.63) is 71.8 Å². The van der Waals surface area contributed by atoms with Gasteiger partial charge in [-0.3, -0.25) is 4.90 Å². The number of carboxylic acids is 2. The number of β-amino-alcohol motifs (C(OH)–C–C–N with tert-alkyl or cyclic N) is 1. The van der Waals surface area contributed by atoms with Gasteiger partial charge in [-0.25, -0.2) is 9.59 Å². The highest BCUT2D eigenvalue weighted by molar-refractivity contribution is 6.27. The molecular weight excluding hydrogens is 322 g/mol. The van der Waals surface area contributed by atoms with Gasteiger partial charge < -0.3 is 15.3 Å². The minimum Gasteiger partial charge on any atom is -0.473 e. The normalized spacial score (nSPS) is 19.5. The molecule has 1 heterocycles. The SMILES string of the molecule is CC1C(O)CN1C(c1ccccc1)c1ccccc1.O=C(O)C(=O)O. The van der Waals surface area contributed by atoms with Gasteiger partial charge in [-0.2, -0.15) is 0 Å². The van der Waals surface area contributed by atoms with Crippen LogP contribution in [0.3, 0.4) is 0 Å². The van der Waals surface area contributed by atoms with Crippen LogP contribution < -0.4 is 0 Å². The minimum atomic E-state index is -1.82. The van der Waals surface area contributed by atoms with Crippen LogP contribution in [0.1, 0.15) is 24.1 Å². The number of benzene rings is 2. The molecule has 0 radical (unpaired) electrons. The summed E-state index contributed by atoms with van der Waals surface area (Å²) < 4.78 is 0. The molecule has 2 aromatic carbocycles. The van der Waals surface area contributed by atoms with Gasteiger partial charge in [0.25, 0.3) is 0 Å². The third-order valence-electron chi connectivity index (χ3n) is 4.22. The van der Waals surface area contributed by atoms with Gasteiger partial charge in [0.2, 0.25) is 0 Å². The maximum Gasteiger partial charge on any atom is 0.414 e. The van der Waals surface area contributed by atoms with Crippen LogP contribution in [-0.4, -0.2) is 50.8 Å². The van der Waals surface area contributed by atoms with Crippen LogP contribution in [0.2, 0.25) is 0 Å². The van der Waals surface area contributed by atoms with Crippen molar-refractivity contribution in [1.29, 1.82) is 0 Å². The molecule has 132 valence electrons. The maximum absolute atomic E-state index is 9.79. The van der Waals surface area contributed by atoms with Crippen molar-refractivity contribution in [1.82, 2.24) is 4.90 Å². The van der Waals surface area contributed by atoms with Crippen molar-refractivity contribution in [2.45, 2.75) is 25.1 Å². The number of aliphatic hydroxyl groups excluding tert-OH is 1. The number of hydrogen-bond donors (Lipinski definition) is 3. The van der Waals surface area contributed by atoms with E-state index in [0.717, 1.165) is 6.54 Å². The van der Waals surface area contributed by atoms with Gasteiger partial charge in [-0.15, -0.1) is 0 Å². The van der Waals surface area contributed by atoms with Crippen LogP contribution in [-0.2, 0) is 9.59 Å². The second-order valence-corrected chi connectivity index (χ2v) is 5.84. The molecule has 0 saturated carbocycles. The minimum absolute atomic E-state index is 0.199. The van der Waals surface area contributed by atoms with Gasteiger partial charge in [0, 0.05) is 12.6 Å². The average molecular weight is 343 g/mol. The molecule has 0 aliphatic carbocycles. The van der Waals surface area contributed by atoms with Crippen molar-refractivity contribution in [3.63, 3.8) is 0 Å². The molecule has 3 N–H and O–H groups in total. The first-order valence-corrected chi connectivity index (χ1v) is 7.91. The van der Waals surface area contributed by atoms with Crippen molar-refractivity contribution >= 4 is 11.9 Å². The first kappa shape index (κ1) is 18.6. The van der Waals surface area contributed by atoms with E-state index in [1.807, 2.05) is 12.1 Å². The van der Waals surface area contributed by atoms with E-state index in [0.29, 0.717) is 0 Å². The molecule has 1 aliphatic rings. The summed E-state index contributed by atoms with van der Waals surface area (Å²) in [6.07, 6.45) is -0.199. The zero-order valence-electron chi connectivity index (χ0n) is 13.8. The second kappa shape index (κ2) is 8.41. The Morgan fingerprint density at radius 2 is 1.32 bits per heavy atom. The molecule has 3 rings (SSSR count). The third kappa shape index (κ3) is 4.65. The number of carboxylic acid groups (broad SMARTS) is 2. The van der Waals surface area contributed by atoms with E-state index in [2.05, 4.69) is 60.4 Å². The number of hydrogen-bond acceptors (Lipinski definition) is 4. The van der Waals surface area contributed by atoms with E-state index in [-0.39, 0.29) is 18.2 Å². The van der Waals surface area contributed by atoms with E-state index in [1.165, 1.54) is 11.1 Å². The molecule has 1 fully saturated rings. The van der Waals surface area contributed by atoms with E-state index >= 15 is 0 Å². The molecule has 2 unspecified atom stereocenters. The smallest absolute Gasteiger partial charge is 0.414 e. The lowest BCUT2D eigenvalue weighted by Gasteiger charge is -2.48. The lowest BCUT2D eigenvalue weighted by molar-refractivity contribution is -0.159. The molecule has 1 aliphatic heterocycles. The van der Waals surface area contributed by atoms with Gasteiger partial charge in [-0.1, -0.05) is 60.7 Å². The topological polar surface area (TPSA) is 98.1 Å². The van der Waals surface area contributed by atoms with Gasteiger partial charge in [-0.05, 0) is 18.1 Å². The van der Waals surface area contributed by atoms with Crippen LogP contribution in [0.15, 0.2) is 60.7 Å². The largest absolute Gasteiger partial charge is 0.473 e. The average Bonchev–Trinajstić information content (AvgIpc) is 2.63. The van der Waals surface area contributed by atoms with Crippen molar-refractivity contribution in [2.24, 2.45) is 0 Å². The Hall–Kier alpha value is -2.70. The molecule has 0 bridgehead atoms. The van der Waals surface area contributed by atoms with E-state index in [4.69, 9.17) is 19.8 Å². The number of aliphatic carboxylic acids is 2. The molecule has 25 heavy (non-hydrogen) atoms. The van der Waals surface area contributed by atoms with Crippen LogP contribution >= 0.6 is 0 Å². The van der Waals surface area contributed by atoms with Gasteiger partial charge in [0.05, 0.1) is 12.1 Å². The summed E-state index contributed by atoms with van der Waals surface area (Å²) in [6, 6.07) is 21.5. The van der Waals surface area contributed by atoms with Crippen molar-refractivity contribution < 1.29 is 24.9 Å². The van der Waals surface area contributed by atoms with Crippen LogP contribution in [0.25, 0.3) is 0 Å². The fourth-order valence-corrected chi connectivity index (χ4v) is 2.80. The molecule has 0 aromatic heterocycles. The highest BCUT2D eigenvalue weighted by atomic mass is 16.4. The predicted molar refractivity (Wildman–Crippen MR) is 92.2 cm³/mol. The Bertz CT molecular complexity index is 653. The van der Waals surface area contributed by atoms with Gasteiger partial charge >= 0.3 is 11.9 Å². The monoisotopic (exact) mass is 343 g/mol.